The maximum absolute atomic E-state index is 2.53. The lowest BCUT2D eigenvalue weighted by Crippen LogP contribution is -2.36. The van der Waals surface area contributed by atoms with Crippen molar-refractivity contribution in [2.24, 2.45) is 0 Å². The first kappa shape index (κ1) is 37.1. The molecule has 0 aromatic heterocycles. The Hall–Kier alpha value is -8.46. The van der Waals surface area contributed by atoms with Crippen LogP contribution in [0.3, 0.4) is 0 Å². The number of anilines is 6. The van der Waals surface area contributed by atoms with Gasteiger partial charge >= 0.3 is 0 Å². The van der Waals surface area contributed by atoms with Gasteiger partial charge in [0.25, 0.3) is 0 Å². The fourth-order valence-electron chi connectivity index (χ4n) is 11.1. The van der Waals surface area contributed by atoms with Crippen LogP contribution < -0.4 is 9.80 Å². The van der Waals surface area contributed by atoms with Crippen LogP contribution >= 0.6 is 0 Å². The van der Waals surface area contributed by atoms with Crippen molar-refractivity contribution in [3.05, 3.63) is 277 Å². The molecule has 1 aliphatic heterocycles. The minimum Gasteiger partial charge on any atom is -0.310 e. The van der Waals surface area contributed by atoms with Crippen molar-refractivity contribution in [2.45, 2.75) is 5.41 Å². The molecule has 0 atom stereocenters. The van der Waals surface area contributed by atoms with Gasteiger partial charge < -0.3 is 9.80 Å². The molecule has 0 bridgehead atoms. The second-order valence-electron chi connectivity index (χ2n) is 17.2. The van der Waals surface area contributed by atoms with Gasteiger partial charge in [-0.25, -0.2) is 0 Å². The van der Waals surface area contributed by atoms with E-state index in [9.17, 15) is 0 Å². The van der Waals surface area contributed by atoms with E-state index in [1.165, 1.54) is 77.4 Å². The summed E-state index contributed by atoms with van der Waals surface area (Å²) in [6.45, 7) is 0. The number of hydrogen-bond acceptors (Lipinski definition) is 2. The maximum Gasteiger partial charge on any atom is 0.0755 e. The van der Waals surface area contributed by atoms with Crippen molar-refractivity contribution in [1.29, 1.82) is 0 Å². The van der Waals surface area contributed by atoms with E-state index < -0.39 is 5.41 Å². The Morgan fingerprint density at radius 2 is 0.831 bits per heavy atom. The third-order valence-electron chi connectivity index (χ3n) is 13.8. The van der Waals surface area contributed by atoms with Gasteiger partial charge in [-0.05, 0) is 115 Å². The summed E-state index contributed by atoms with van der Waals surface area (Å²) in [5.74, 6) is 0. The minimum atomic E-state index is -0.593. The molecule has 1 spiro atoms. The van der Waals surface area contributed by atoms with Crippen LogP contribution in [-0.2, 0) is 5.41 Å². The lowest BCUT2D eigenvalue weighted by molar-refractivity contribution is 0.752. The summed E-state index contributed by atoms with van der Waals surface area (Å²) >= 11 is 0. The summed E-state index contributed by atoms with van der Waals surface area (Å²) in [7, 11) is 0. The van der Waals surface area contributed by atoms with E-state index in [4.69, 9.17) is 0 Å². The molecule has 2 aliphatic rings. The van der Waals surface area contributed by atoms with Gasteiger partial charge in [-0.1, -0.05) is 206 Å². The van der Waals surface area contributed by atoms with Crippen molar-refractivity contribution in [1.82, 2.24) is 0 Å². The van der Waals surface area contributed by atoms with E-state index in [0.29, 0.717) is 0 Å². The molecule has 0 unspecified atom stereocenters. The monoisotopic (exact) mass is 826 g/mol. The Morgan fingerprint density at radius 3 is 1.57 bits per heavy atom. The molecule has 65 heavy (non-hydrogen) atoms. The van der Waals surface area contributed by atoms with Gasteiger partial charge in [-0.15, -0.1) is 0 Å². The molecule has 0 fully saturated rings. The molecule has 0 saturated heterocycles. The number of fused-ring (bicyclic) bond motifs is 12. The summed E-state index contributed by atoms with van der Waals surface area (Å²) in [5, 5.41) is 4.89. The first-order chi connectivity index (χ1) is 32.3. The van der Waals surface area contributed by atoms with Crippen LogP contribution in [0.5, 0.6) is 0 Å². The first-order valence-electron chi connectivity index (χ1n) is 22.5. The molecule has 11 aromatic carbocycles. The second-order valence-corrected chi connectivity index (χ2v) is 17.2. The Kier molecular flexibility index (Phi) is 8.47. The predicted octanol–water partition coefficient (Wildman–Crippen LogP) is 16.9. The van der Waals surface area contributed by atoms with Crippen molar-refractivity contribution in [3.63, 3.8) is 0 Å². The number of hydrogen-bond donors (Lipinski definition) is 0. The molecule has 0 amide bonds. The van der Waals surface area contributed by atoms with Crippen LogP contribution in [0.15, 0.2) is 255 Å². The van der Waals surface area contributed by atoms with Crippen LogP contribution in [0.2, 0.25) is 0 Å². The van der Waals surface area contributed by atoms with Crippen LogP contribution in [-0.4, -0.2) is 0 Å². The average Bonchev–Trinajstić information content (AvgIpc) is 3.67. The van der Waals surface area contributed by atoms with Gasteiger partial charge in [-0.3, -0.25) is 0 Å². The molecule has 1 heterocycles. The lowest BCUT2D eigenvalue weighted by Gasteiger charge is -2.45. The summed E-state index contributed by atoms with van der Waals surface area (Å²) in [4.78, 5) is 4.98. The largest absolute Gasteiger partial charge is 0.310 e. The van der Waals surface area contributed by atoms with Crippen LogP contribution in [0, 0.1) is 0 Å². The number of benzene rings is 11. The van der Waals surface area contributed by atoms with Gasteiger partial charge in [-0.2, -0.15) is 0 Å². The number of rotatable bonds is 6. The summed E-state index contributed by atoms with van der Waals surface area (Å²) in [6.07, 6.45) is 0. The third kappa shape index (κ3) is 5.60. The number of para-hydroxylation sites is 4. The summed E-state index contributed by atoms with van der Waals surface area (Å²) < 4.78 is 0. The van der Waals surface area contributed by atoms with E-state index in [1.54, 1.807) is 0 Å². The van der Waals surface area contributed by atoms with E-state index in [-0.39, 0.29) is 0 Å². The Labute approximate surface area is 379 Å². The smallest absolute Gasteiger partial charge is 0.0755 e. The van der Waals surface area contributed by atoms with Crippen LogP contribution in [0.25, 0.3) is 54.9 Å². The molecule has 13 rings (SSSR count). The highest BCUT2D eigenvalue weighted by Gasteiger charge is 2.51. The molecule has 0 N–H and O–H groups in total. The zero-order valence-corrected chi connectivity index (χ0v) is 35.6. The van der Waals surface area contributed by atoms with Gasteiger partial charge in [0.1, 0.15) is 0 Å². The molecule has 0 radical (unpaired) electrons. The first-order valence-corrected chi connectivity index (χ1v) is 22.5. The Morgan fingerprint density at radius 1 is 0.308 bits per heavy atom. The molecular weight excluding hydrogens is 785 g/mol. The molecule has 1 aliphatic carbocycles. The summed E-state index contributed by atoms with van der Waals surface area (Å²) in [6, 6.07) is 94.0. The zero-order chi connectivity index (χ0) is 42.9. The highest BCUT2D eigenvalue weighted by molar-refractivity contribution is 6.15. The normalized spacial score (nSPS) is 13.0. The third-order valence-corrected chi connectivity index (χ3v) is 13.8. The molecule has 2 heteroatoms. The Balaban J connectivity index is 1.10. The maximum atomic E-state index is 2.53. The molecule has 2 nitrogen and oxygen atoms in total. The van der Waals surface area contributed by atoms with E-state index in [2.05, 4.69) is 265 Å². The van der Waals surface area contributed by atoms with Gasteiger partial charge in [0.2, 0.25) is 0 Å². The predicted molar refractivity (Wildman–Crippen MR) is 273 cm³/mol. The fourth-order valence-corrected chi connectivity index (χ4v) is 11.1. The second kappa shape index (κ2) is 14.8. The fraction of sp³-hybridized carbons (Fsp3) is 0.0159. The molecule has 0 saturated carbocycles. The van der Waals surface area contributed by atoms with E-state index in [1.807, 2.05) is 0 Å². The zero-order valence-electron chi connectivity index (χ0n) is 35.6. The molecule has 304 valence electrons. The van der Waals surface area contributed by atoms with E-state index >= 15 is 0 Å². The number of nitrogens with zero attached hydrogens (tertiary/aromatic N) is 2. The van der Waals surface area contributed by atoms with Crippen molar-refractivity contribution in [2.75, 3.05) is 9.80 Å². The lowest BCUT2D eigenvalue weighted by atomic mass is 9.64. The van der Waals surface area contributed by atoms with Crippen LogP contribution in [0.1, 0.15) is 22.3 Å². The standard InChI is InChI=1S/C63H42N2/c1-3-19-43(20-4-1)44-35-37-45(38-36-44)50-25-12-16-32-59(50)65(62-41-46-21-7-8-24-49(46)51-26-9-10-28-54(51)62)48-39-40-53-52-27-11-13-29-55(52)63(58(53)42-48)56-30-14-17-33-60(56)64(47-22-5-2-6-23-47)61-34-18-15-31-57(61)63/h1-42H. The van der Waals surface area contributed by atoms with Crippen LogP contribution in [0.4, 0.5) is 34.1 Å². The minimum absolute atomic E-state index is 0.593. The topological polar surface area (TPSA) is 6.48 Å². The molecule has 11 aromatic rings. The average molecular weight is 827 g/mol. The van der Waals surface area contributed by atoms with Gasteiger partial charge in [0.15, 0.2) is 0 Å². The highest BCUT2D eigenvalue weighted by atomic mass is 15.2. The van der Waals surface area contributed by atoms with Crippen molar-refractivity contribution < 1.29 is 0 Å². The van der Waals surface area contributed by atoms with Crippen molar-refractivity contribution in [3.8, 4) is 33.4 Å². The van der Waals surface area contributed by atoms with E-state index in [0.717, 1.165) is 33.9 Å². The van der Waals surface area contributed by atoms with Gasteiger partial charge in [0, 0.05) is 22.3 Å². The molecular formula is C63H42N2. The Bertz CT molecular complexity index is 3560. The SMILES string of the molecule is c1ccc(-c2ccc(-c3ccccc3N(c3ccc4c(c3)C3(c5ccccc5-4)c4ccccc4N(c4ccccc4)c4ccccc43)c3cc4ccccc4c4ccccc34)cc2)cc1. The van der Waals surface area contributed by atoms with Crippen molar-refractivity contribution >= 4 is 55.7 Å². The highest BCUT2D eigenvalue weighted by Crippen LogP contribution is 2.64. The van der Waals surface area contributed by atoms with Gasteiger partial charge in [0.05, 0.1) is 28.2 Å². The summed E-state index contributed by atoms with van der Waals surface area (Å²) in [5.41, 5.74) is 18.7. The quantitative estimate of drug-likeness (QED) is 0.154.